The third-order valence-corrected chi connectivity index (χ3v) is 7.97. The van der Waals surface area contributed by atoms with E-state index in [1.54, 1.807) is 0 Å². The SMILES string of the molecule is CN(C)c1ccc(/N=N/c2ccc(NC(=S)N[C@H]3CC[C@@H](Nc4nc5c(c(N(C)C)n4)CCCC5)CC3)cc2)cc1. The molecule has 1 fully saturated rings. The maximum atomic E-state index is 5.62. The number of fused-ring (bicyclic) bond motifs is 1. The summed E-state index contributed by atoms with van der Waals surface area (Å²) >= 11 is 5.62. The van der Waals surface area contributed by atoms with Gasteiger partial charge in [0.1, 0.15) is 5.82 Å². The van der Waals surface area contributed by atoms with Crippen LogP contribution in [0.15, 0.2) is 58.8 Å². The van der Waals surface area contributed by atoms with Crippen LogP contribution in [-0.4, -0.2) is 55.4 Å². The molecule has 1 heterocycles. The van der Waals surface area contributed by atoms with Crippen LogP contribution in [0.25, 0.3) is 0 Å². The van der Waals surface area contributed by atoms with Crippen LogP contribution in [0, 0.1) is 0 Å². The zero-order valence-corrected chi connectivity index (χ0v) is 25.3. The van der Waals surface area contributed by atoms with Gasteiger partial charge in [0, 0.05) is 57.2 Å². The molecule has 1 saturated carbocycles. The molecule has 2 aromatic carbocycles. The first-order chi connectivity index (χ1) is 19.8. The topological polar surface area (TPSA) is 93.1 Å². The van der Waals surface area contributed by atoms with Gasteiger partial charge in [0.15, 0.2) is 5.11 Å². The highest BCUT2D eigenvalue weighted by atomic mass is 32.1. The first-order valence-corrected chi connectivity index (χ1v) is 15.0. The molecule has 2 aliphatic rings. The van der Waals surface area contributed by atoms with E-state index in [-0.39, 0.29) is 0 Å². The summed E-state index contributed by atoms with van der Waals surface area (Å²) < 4.78 is 0. The summed E-state index contributed by atoms with van der Waals surface area (Å²) in [7, 11) is 8.18. The Balaban J connectivity index is 1.07. The van der Waals surface area contributed by atoms with Gasteiger partial charge in [-0.2, -0.15) is 15.2 Å². The highest BCUT2D eigenvalue weighted by molar-refractivity contribution is 7.80. The molecule has 0 unspecified atom stereocenters. The Morgan fingerprint density at radius 1 is 0.780 bits per heavy atom. The number of nitrogens with zero attached hydrogens (tertiary/aromatic N) is 6. The first-order valence-electron chi connectivity index (χ1n) is 14.5. The summed E-state index contributed by atoms with van der Waals surface area (Å²) in [6, 6.07) is 16.5. The van der Waals surface area contributed by atoms with E-state index in [1.165, 1.54) is 24.1 Å². The van der Waals surface area contributed by atoms with Crippen LogP contribution < -0.4 is 25.8 Å². The van der Waals surface area contributed by atoms with E-state index in [0.717, 1.165) is 73.0 Å². The van der Waals surface area contributed by atoms with Gasteiger partial charge >= 0.3 is 0 Å². The third-order valence-electron chi connectivity index (χ3n) is 7.75. The Morgan fingerprint density at radius 2 is 1.39 bits per heavy atom. The summed E-state index contributed by atoms with van der Waals surface area (Å²) in [6.45, 7) is 0. The van der Waals surface area contributed by atoms with E-state index in [0.29, 0.717) is 17.2 Å². The Bertz CT molecular complexity index is 1350. The normalized spacial score (nSPS) is 18.4. The van der Waals surface area contributed by atoms with E-state index in [1.807, 2.05) is 62.6 Å². The number of azo groups is 1. The van der Waals surface area contributed by atoms with Crippen molar-refractivity contribution in [2.75, 3.05) is 48.6 Å². The summed E-state index contributed by atoms with van der Waals surface area (Å²) in [6.07, 6.45) is 8.75. The highest BCUT2D eigenvalue weighted by Crippen LogP contribution is 2.29. The quantitative estimate of drug-likeness (QED) is 0.205. The van der Waals surface area contributed by atoms with Gasteiger partial charge in [-0.25, -0.2) is 4.98 Å². The predicted molar refractivity (Wildman–Crippen MR) is 173 cm³/mol. The molecule has 0 bridgehead atoms. The second-order valence-corrected chi connectivity index (χ2v) is 11.8. The Labute approximate surface area is 248 Å². The largest absolute Gasteiger partial charge is 0.378 e. The zero-order chi connectivity index (χ0) is 28.8. The summed E-state index contributed by atoms with van der Waals surface area (Å²) in [5.74, 6) is 1.84. The number of thiocarbonyl (C=S) groups is 1. The standard InChI is InChI=1S/C31H41N9S/c1-39(2)26-19-17-25(18-20-26)38-37-24-15-13-23(14-16-24)34-31(41)33-22-11-9-21(10-12-22)32-30-35-28-8-6-5-7-27(28)29(36-30)40(3)4/h13-22H,5-12H2,1-4H3,(H,32,35,36)(H2,33,34,41)/b38-37+/t21-,22+. The number of hydrogen-bond acceptors (Lipinski definition) is 8. The predicted octanol–water partition coefficient (Wildman–Crippen LogP) is 6.61. The van der Waals surface area contributed by atoms with E-state index in [9.17, 15) is 0 Å². The van der Waals surface area contributed by atoms with Crippen molar-refractivity contribution in [3.05, 3.63) is 59.8 Å². The van der Waals surface area contributed by atoms with Crippen LogP contribution in [0.5, 0.6) is 0 Å². The average molecular weight is 572 g/mol. The van der Waals surface area contributed by atoms with Gasteiger partial charge in [-0.3, -0.25) is 0 Å². The summed E-state index contributed by atoms with van der Waals surface area (Å²) in [5.41, 5.74) is 6.21. The van der Waals surface area contributed by atoms with E-state index >= 15 is 0 Å². The minimum Gasteiger partial charge on any atom is -0.378 e. The number of nitrogens with one attached hydrogen (secondary N) is 3. The van der Waals surface area contributed by atoms with Crippen molar-refractivity contribution in [2.45, 2.75) is 63.5 Å². The van der Waals surface area contributed by atoms with Gasteiger partial charge in [0.05, 0.1) is 17.1 Å². The minimum atomic E-state index is 0.349. The molecule has 0 spiro atoms. The van der Waals surface area contributed by atoms with Crippen molar-refractivity contribution < 1.29 is 0 Å². The van der Waals surface area contributed by atoms with E-state index in [4.69, 9.17) is 22.2 Å². The zero-order valence-electron chi connectivity index (χ0n) is 24.5. The molecule has 216 valence electrons. The maximum Gasteiger partial charge on any atom is 0.225 e. The monoisotopic (exact) mass is 571 g/mol. The summed E-state index contributed by atoms with van der Waals surface area (Å²) in [5, 5.41) is 19.8. The number of rotatable bonds is 8. The molecular formula is C31H41N9S. The lowest BCUT2D eigenvalue weighted by Gasteiger charge is -2.31. The van der Waals surface area contributed by atoms with Crippen molar-refractivity contribution >= 4 is 51.8 Å². The molecule has 3 N–H and O–H groups in total. The number of anilines is 4. The number of hydrogen-bond donors (Lipinski definition) is 3. The third kappa shape index (κ3) is 7.70. The van der Waals surface area contributed by atoms with Gasteiger partial charge in [-0.1, -0.05) is 0 Å². The van der Waals surface area contributed by atoms with Gasteiger partial charge in [0.25, 0.3) is 0 Å². The van der Waals surface area contributed by atoms with Gasteiger partial charge < -0.3 is 25.8 Å². The molecule has 0 aliphatic heterocycles. The smallest absolute Gasteiger partial charge is 0.225 e. The van der Waals surface area contributed by atoms with Gasteiger partial charge in [-0.15, -0.1) is 0 Å². The van der Waals surface area contributed by atoms with Gasteiger partial charge in [0.2, 0.25) is 5.95 Å². The molecule has 0 radical (unpaired) electrons. The second-order valence-electron chi connectivity index (χ2n) is 11.3. The Morgan fingerprint density at radius 3 is 2.02 bits per heavy atom. The van der Waals surface area contributed by atoms with E-state index in [2.05, 4.69) is 50.1 Å². The number of benzene rings is 2. The molecular weight excluding hydrogens is 530 g/mol. The Kier molecular flexibility index (Phi) is 9.28. The van der Waals surface area contributed by atoms with Gasteiger partial charge in [-0.05, 0) is 112 Å². The molecule has 1 aromatic heterocycles. The van der Waals surface area contributed by atoms with Crippen LogP contribution in [0.4, 0.5) is 34.5 Å². The minimum absolute atomic E-state index is 0.349. The second kappa shape index (κ2) is 13.2. The number of aromatic nitrogens is 2. The van der Waals surface area contributed by atoms with Crippen LogP contribution in [0.1, 0.15) is 49.8 Å². The molecule has 0 atom stereocenters. The first kappa shape index (κ1) is 28.7. The van der Waals surface area contributed by atoms with Crippen LogP contribution >= 0.6 is 12.2 Å². The number of aryl methyl sites for hydroxylation is 1. The lowest BCUT2D eigenvalue weighted by atomic mass is 9.91. The van der Waals surface area contributed by atoms with Crippen molar-refractivity contribution in [2.24, 2.45) is 10.2 Å². The van der Waals surface area contributed by atoms with E-state index < -0.39 is 0 Å². The fourth-order valence-corrected chi connectivity index (χ4v) is 5.75. The fourth-order valence-electron chi connectivity index (χ4n) is 5.47. The van der Waals surface area contributed by atoms with Crippen molar-refractivity contribution in [1.82, 2.24) is 15.3 Å². The molecule has 5 rings (SSSR count). The fraction of sp³-hybridized carbons (Fsp3) is 0.452. The van der Waals surface area contributed by atoms with Crippen molar-refractivity contribution in [1.29, 1.82) is 0 Å². The summed E-state index contributed by atoms with van der Waals surface area (Å²) in [4.78, 5) is 14.0. The van der Waals surface area contributed by atoms with Crippen LogP contribution in [0.2, 0.25) is 0 Å². The van der Waals surface area contributed by atoms with Crippen LogP contribution in [0.3, 0.4) is 0 Å². The molecule has 2 aliphatic carbocycles. The van der Waals surface area contributed by atoms with Crippen LogP contribution in [-0.2, 0) is 12.8 Å². The van der Waals surface area contributed by atoms with Crippen molar-refractivity contribution in [3.8, 4) is 0 Å². The molecule has 3 aromatic rings. The molecule has 41 heavy (non-hydrogen) atoms. The molecule has 9 nitrogen and oxygen atoms in total. The molecule has 10 heteroatoms. The lowest BCUT2D eigenvalue weighted by Crippen LogP contribution is -2.42. The average Bonchev–Trinajstić information content (AvgIpc) is 2.97. The molecule has 0 saturated heterocycles. The highest BCUT2D eigenvalue weighted by Gasteiger charge is 2.24. The van der Waals surface area contributed by atoms with Crippen molar-refractivity contribution in [3.63, 3.8) is 0 Å². The molecule has 0 amide bonds. The Hall–Kier alpha value is -3.79. The maximum absolute atomic E-state index is 5.62. The lowest BCUT2D eigenvalue weighted by molar-refractivity contribution is 0.387.